The van der Waals surface area contributed by atoms with E-state index in [1.807, 2.05) is 48.5 Å². The van der Waals surface area contributed by atoms with Gasteiger partial charge in [-0.2, -0.15) is 0 Å². The van der Waals surface area contributed by atoms with Gasteiger partial charge >= 0.3 is 5.97 Å². The van der Waals surface area contributed by atoms with E-state index in [1.165, 1.54) is 0 Å². The Bertz CT molecular complexity index is 950. The summed E-state index contributed by atoms with van der Waals surface area (Å²) >= 11 is 0. The largest absolute Gasteiger partial charge is 0.497 e. The topological polar surface area (TPSA) is 54.0 Å². The SMILES string of the molecule is COc1ccc2cc(COC(=O)[C@@H]3COc4ccccc4O3)ccc2c1. The third-order valence-corrected chi connectivity index (χ3v) is 4.26. The third-order valence-electron chi connectivity index (χ3n) is 4.26. The van der Waals surface area contributed by atoms with Crippen LogP contribution in [0, 0.1) is 0 Å². The van der Waals surface area contributed by atoms with Gasteiger partial charge in [0.05, 0.1) is 7.11 Å². The Hall–Kier alpha value is -3.21. The lowest BCUT2D eigenvalue weighted by atomic mass is 10.1. The minimum absolute atomic E-state index is 0.146. The van der Waals surface area contributed by atoms with Gasteiger partial charge in [0.25, 0.3) is 0 Å². The summed E-state index contributed by atoms with van der Waals surface area (Å²) in [6, 6.07) is 19.0. The van der Waals surface area contributed by atoms with E-state index in [2.05, 4.69) is 0 Å². The average molecular weight is 350 g/mol. The van der Waals surface area contributed by atoms with E-state index < -0.39 is 12.1 Å². The van der Waals surface area contributed by atoms with Crippen molar-refractivity contribution in [1.29, 1.82) is 0 Å². The van der Waals surface area contributed by atoms with Crippen LogP contribution in [-0.4, -0.2) is 25.8 Å². The lowest BCUT2D eigenvalue weighted by Gasteiger charge is -2.24. The molecule has 1 aliphatic rings. The molecule has 132 valence electrons. The van der Waals surface area contributed by atoms with Crippen molar-refractivity contribution in [2.45, 2.75) is 12.7 Å². The fraction of sp³-hybridized carbons (Fsp3) is 0.190. The van der Waals surface area contributed by atoms with E-state index >= 15 is 0 Å². The molecule has 0 aromatic heterocycles. The lowest BCUT2D eigenvalue weighted by Crippen LogP contribution is -2.37. The molecular weight excluding hydrogens is 332 g/mol. The smallest absolute Gasteiger partial charge is 0.351 e. The molecular formula is C21H18O5. The number of para-hydroxylation sites is 2. The number of methoxy groups -OCH3 is 1. The van der Waals surface area contributed by atoms with E-state index in [9.17, 15) is 4.79 Å². The van der Waals surface area contributed by atoms with Crippen LogP contribution in [0.25, 0.3) is 10.8 Å². The standard InChI is InChI=1S/C21H18O5/c1-23-17-9-8-15-10-14(6-7-16(15)11-17)12-25-21(22)20-13-24-18-4-2-3-5-19(18)26-20/h2-11,20H,12-13H2,1H3/t20-/m0/s1. The normalized spacial score (nSPS) is 15.5. The van der Waals surface area contributed by atoms with Crippen LogP contribution in [0.1, 0.15) is 5.56 Å². The highest BCUT2D eigenvalue weighted by Gasteiger charge is 2.28. The first kappa shape index (κ1) is 16.3. The van der Waals surface area contributed by atoms with Gasteiger partial charge in [0, 0.05) is 0 Å². The molecule has 0 N–H and O–H groups in total. The zero-order valence-electron chi connectivity index (χ0n) is 14.3. The summed E-state index contributed by atoms with van der Waals surface area (Å²) in [4.78, 5) is 12.3. The van der Waals surface area contributed by atoms with Crippen molar-refractivity contribution in [2.24, 2.45) is 0 Å². The van der Waals surface area contributed by atoms with Crippen molar-refractivity contribution in [3.05, 3.63) is 66.2 Å². The van der Waals surface area contributed by atoms with E-state index in [0.29, 0.717) is 11.5 Å². The number of fused-ring (bicyclic) bond motifs is 2. The molecule has 1 aliphatic heterocycles. The summed E-state index contributed by atoms with van der Waals surface area (Å²) < 4.78 is 21.9. The minimum atomic E-state index is -0.755. The number of benzene rings is 3. The van der Waals surface area contributed by atoms with Crippen LogP contribution in [0.2, 0.25) is 0 Å². The Morgan fingerprint density at radius 3 is 2.65 bits per heavy atom. The molecule has 0 spiro atoms. The number of hydrogen-bond donors (Lipinski definition) is 0. The maximum Gasteiger partial charge on any atom is 0.351 e. The van der Waals surface area contributed by atoms with Crippen molar-refractivity contribution in [3.8, 4) is 17.2 Å². The second-order valence-electron chi connectivity index (χ2n) is 6.02. The molecule has 4 rings (SSSR count). The van der Waals surface area contributed by atoms with Crippen molar-refractivity contribution >= 4 is 16.7 Å². The van der Waals surface area contributed by atoms with E-state index in [-0.39, 0.29) is 13.2 Å². The van der Waals surface area contributed by atoms with Gasteiger partial charge in [0.15, 0.2) is 11.5 Å². The van der Waals surface area contributed by atoms with Crippen LogP contribution in [0.5, 0.6) is 17.2 Å². The zero-order chi connectivity index (χ0) is 17.9. The molecule has 0 radical (unpaired) electrons. The monoisotopic (exact) mass is 350 g/mol. The Kier molecular flexibility index (Phi) is 4.35. The van der Waals surface area contributed by atoms with Crippen LogP contribution in [0.4, 0.5) is 0 Å². The van der Waals surface area contributed by atoms with Gasteiger partial charge in [0.2, 0.25) is 6.10 Å². The fourth-order valence-electron chi connectivity index (χ4n) is 2.87. The summed E-state index contributed by atoms with van der Waals surface area (Å²) in [7, 11) is 1.64. The van der Waals surface area contributed by atoms with Crippen LogP contribution in [0.3, 0.4) is 0 Å². The first-order valence-corrected chi connectivity index (χ1v) is 8.35. The predicted octanol–water partition coefficient (Wildman–Crippen LogP) is 3.73. The number of hydrogen-bond acceptors (Lipinski definition) is 5. The Labute approximate surface area is 151 Å². The van der Waals surface area contributed by atoms with Gasteiger partial charge < -0.3 is 18.9 Å². The quantitative estimate of drug-likeness (QED) is 0.671. The van der Waals surface area contributed by atoms with E-state index in [4.69, 9.17) is 18.9 Å². The van der Waals surface area contributed by atoms with Gasteiger partial charge in [-0.25, -0.2) is 4.79 Å². The Morgan fingerprint density at radius 1 is 1.04 bits per heavy atom. The Morgan fingerprint density at radius 2 is 1.81 bits per heavy atom. The lowest BCUT2D eigenvalue weighted by molar-refractivity contribution is -0.155. The molecule has 0 aliphatic carbocycles. The molecule has 0 unspecified atom stereocenters. The van der Waals surface area contributed by atoms with Crippen LogP contribution in [0.15, 0.2) is 60.7 Å². The van der Waals surface area contributed by atoms with Crippen molar-refractivity contribution < 1.29 is 23.7 Å². The van der Waals surface area contributed by atoms with Crippen molar-refractivity contribution in [2.75, 3.05) is 13.7 Å². The molecule has 3 aromatic carbocycles. The number of rotatable bonds is 4. The minimum Gasteiger partial charge on any atom is -0.497 e. The highest BCUT2D eigenvalue weighted by Crippen LogP contribution is 2.31. The Balaban J connectivity index is 1.41. The van der Waals surface area contributed by atoms with Gasteiger partial charge in [-0.3, -0.25) is 0 Å². The molecule has 1 heterocycles. The average Bonchev–Trinajstić information content (AvgIpc) is 2.71. The molecule has 0 amide bonds. The fourth-order valence-corrected chi connectivity index (χ4v) is 2.87. The molecule has 0 saturated heterocycles. The second-order valence-corrected chi connectivity index (χ2v) is 6.02. The number of carbonyl (C=O) groups is 1. The molecule has 3 aromatic rings. The number of ether oxygens (including phenoxy) is 4. The molecule has 5 heteroatoms. The molecule has 26 heavy (non-hydrogen) atoms. The highest BCUT2D eigenvalue weighted by atomic mass is 16.6. The second kappa shape index (κ2) is 6.96. The summed E-state index contributed by atoms with van der Waals surface area (Å²) in [6.45, 7) is 0.329. The van der Waals surface area contributed by atoms with Crippen molar-refractivity contribution in [1.82, 2.24) is 0 Å². The summed E-state index contributed by atoms with van der Waals surface area (Å²) in [5, 5.41) is 2.13. The summed E-state index contributed by atoms with van der Waals surface area (Å²) in [5.41, 5.74) is 0.910. The third kappa shape index (κ3) is 3.28. The van der Waals surface area contributed by atoms with Crippen molar-refractivity contribution in [3.63, 3.8) is 0 Å². The van der Waals surface area contributed by atoms with E-state index in [1.54, 1.807) is 19.2 Å². The number of esters is 1. The maximum absolute atomic E-state index is 12.3. The summed E-state index contributed by atoms with van der Waals surface area (Å²) in [5.74, 6) is 1.57. The first-order valence-electron chi connectivity index (χ1n) is 8.35. The molecule has 5 nitrogen and oxygen atoms in total. The van der Waals surface area contributed by atoms with Gasteiger partial charge in [-0.1, -0.05) is 30.3 Å². The molecule has 0 saturated carbocycles. The summed E-state index contributed by atoms with van der Waals surface area (Å²) in [6.07, 6.45) is -0.755. The number of carbonyl (C=O) groups excluding carboxylic acids is 1. The zero-order valence-corrected chi connectivity index (χ0v) is 14.3. The predicted molar refractivity (Wildman–Crippen MR) is 96.6 cm³/mol. The van der Waals surface area contributed by atoms with Crippen LogP contribution >= 0.6 is 0 Å². The molecule has 1 atom stereocenters. The molecule has 0 fully saturated rings. The highest BCUT2D eigenvalue weighted by molar-refractivity contribution is 5.84. The van der Waals surface area contributed by atoms with Crippen LogP contribution in [-0.2, 0) is 16.1 Å². The van der Waals surface area contributed by atoms with E-state index in [0.717, 1.165) is 22.1 Å². The molecule has 0 bridgehead atoms. The van der Waals surface area contributed by atoms with Gasteiger partial charge in [-0.15, -0.1) is 0 Å². The maximum atomic E-state index is 12.3. The first-order chi connectivity index (χ1) is 12.7. The van der Waals surface area contributed by atoms with Gasteiger partial charge in [-0.05, 0) is 46.7 Å². The van der Waals surface area contributed by atoms with Crippen LogP contribution < -0.4 is 14.2 Å². The van der Waals surface area contributed by atoms with Gasteiger partial charge in [0.1, 0.15) is 19.0 Å².